The lowest BCUT2D eigenvalue weighted by Gasteiger charge is -2.27. The Balaban J connectivity index is 1.66. The third-order valence-electron chi connectivity index (χ3n) is 6.80. The smallest absolute Gasteiger partial charge is 0.193 e. The van der Waals surface area contributed by atoms with E-state index in [4.69, 9.17) is 0 Å². The first-order valence-electron chi connectivity index (χ1n) is 12.5. The number of benzene rings is 5. The summed E-state index contributed by atoms with van der Waals surface area (Å²) < 4.78 is 0. The number of carbonyl (C=O) groups excluding carboxylic acids is 1. The third-order valence-corrected chi connectivity index (χ3v) is 6.80. The van der Waals surface area contributed by atoms with Gasteiger partial charge in [-0.25, -0.2) is 0 Å². The molecule has 0 aliphatic heterocycles. The molecule has 5 rings (SSSR count). The monoisotopic (exact) mass is 513 g/mol. The Morgan fingerprint density at radius 1 is 0.564 bits per heavy atom. The topological polar surface area (TPSA) is 85.5 Å². The lowest BCUT2D eigenvalue weighted by atomic mass is 9.98. The molecule has 0 aromatic heterocycles. The van der Waals surface area contributed by atoms with E-state index in [0.29, 0.717) is 22.6 Å². The minimum absolute atomic E-state index is 0.0367. The zero-order chi connectivity index (χ0) is 27.4. The minimum atomic E-state index is -0.0367. The molecule has 0 radical (unpaired) electrons. The summed E-state index contributed by atoms with van der Waals surface area (Å²) in [5, 5.41) is 27.3. The van der Waals surface area contributed by atoms with Crippen LogP contribution in [0.3, 0.4) is 0 Å². The lowest BCUT2D eigenvalue weighted by molar-refractivity contribution is 0.103. The highest BCUT2D eigenvalue weighted by Gasteiger charge is 2.18. The molecule has 0 saturated carbocycles. The molecule has 192 valence electrons. The maximum Gasteiger partial charge on any atom is 0.193 e. The number of hydrogen-bond donors (Lipinski definition) is 2. The Labute approximate surface area is 226 Å². The molecule has 6 nitrogen and oxygen atoms in total. The first-order valence-corrected chi connectivity index (χ1v) is 12.5. The van der Waals surface area contributed by atoms with Crippen molar-refractivity contribution >= 4 is 45.0 Å². The molecule has 5 aromatic rings. The quantitative estimate of drug-likeness (QED) is 0.100. The third kappa shape index (κ3) is 5.00. The molecule has 0 fully saturated rings. The molecule has 0 spiro atoms. The van der Waals surface area contributed by atoms with Gasteiger partial charge in [0, 0.05) is 33.5 Å². The van der Waals surface area contributed by atoms with Gasteiger partial charge in [0.25, 0.3) is 0 Å². The van der Waals surface area contributed by atoms with Crippen LogP contribution in [-0.4, -0.2) is 27.6 Å². The van der Waals surface area contributed by atoms with Gasteiger partial charge in [-0.3, -0.25) is 4.79 Å². The molecular formula is C33H27N3O3. The summed E-state index contributed by atoms with van der Waals surface area (Å²) in [5.74, 6) is -0.0367. The highest BCUT2D eigenvalue weighted by atomic mass is 16.4. The highest BCUT2D eigenvalue weighted by Crippen LogP contribution is 2.40. The number of fused-ring (bicyclic) bond motifs is 1. The second kappa shape index (κ2) is 11.0. The van der Waals surface area contributed by atoms with Gasteiger partial charge in [0.15, 0.2) is 5.78 Å². The van der Waals surface area contributed by atoms with Crippen molar-refractivity contribution in [1.82, 2.24) is 0 Å². The number of ketones is 1. The van der Waals surface area contributed by atoms with Crippen molar-refractivity contribution < 1.29 is 15.2 Å². The summed E-state index contributed by atoms with van der Waals surface area (Å²) in [6, 6.07) is 36.5. The van der Waals surface area contributed by atoms with Crippen LogP contribution in [0, 0.1) is 0 Å². The van der Waals surface area contributed by atoms with E-state index in [1.165, 1.54) is 0 Å². The Morgan fingerprint density at radius 2 is 1.08 bits per heavy atom. The molecule has 0 aliphatic rings. The van der Waals surface area contributed by atoms with Crippen LogP contribution in [-0.2, 0) is 0 Å². The minimum Gasteiger partial charge on any atom is -0.411 e. The van der Waals surface area contributed by atoms with Crippen LogP contribution >= 0.6 is 0 Å². The van der Waals surface area contributed by atoms with Crippen molar-refractivity contribution in [3.05, 3.63) is 138 Å². The molecule has 0 heterocycles. The fourth-order valence-electron chi connectivity index (χ4n) is 4.70. The Hall–Kier alpha value is -5.23. The predicted octanol–water partition coefficient (Wildman–Crippen LogP) is 7.94. The highest BCUT2D eigenvalue weighted by molar-refractivity contribution is 6.13. The SMILES string of the molecule is C/C(=N\O)c1ccc(N(c2ccc(C(=O)c3ccccc3)cc2)c2ccc(/C(C)=N/O)c3ccccc23)cc1. The molecule has 0 saturated heterocycles. The van der Waals surface area contributed by atoms with E-state index in [2.05, 4.69) is 15.2 Å². The van der Waals surface area contributed by atoms with Gasteiger partial charge >= 0.3 is 0 Å². The van der Waals surface area contributed by atoms with Gasteiger partial charge < -0.3 is 15.3 Å². The Kier molecular flexibility index (Phi) is 7.19. The zero-order valence-electron chi connectivity index (χ0n) is 21.6. The first kappa shape index (κ1) is 25.4. The second-order valence-electron chi connectivity index (χ2n) is 9.17. The molecule has 0 aliphatic carbocycles. The lowest BCUT2D eigenvalue weighted by Crippen LogP contribution is -2.12. The summed E-state index contributed by atoms with van der Waals surface area (Å²) in [6.45, 7) is 3.51. The predicted molar refractivity (Wildman–Crippen MR) is 157 cm³/mol. The summed E-state index contributed by atoms with van der Waals surface area (Å²) in [4.78, 5) is 15.1. The van der Waals surface area contributed by atoms with Gasteiger partial charge in [-0.15, -0.1) is 0 Å². The number of anilines is 3. The summed E-state index contributed by atoms with van der Waals surface area (Å²) in [5.41, 5.74) is 6.60. The van der Waals surface area contributed by atoms with Crippen molar-refractivity contribution in [1.29, 1.82) is 0 Å². The molecule has 2 N–H and O–H groups in total. The Bertz CT molecular complexity index is 1690. The van der Waals surface area contributed by atoms with Gasteiger partial charge in [0.1, 0.15) is 0 Å². The van der Waals surface area contributed by atoms with Gasteiger partial charge in [-0.2, -0.15) is 0 Å². The zero-order valence-corrected chi connectivity index (χ0v) is 21.6. The molecular weight excluding hydrogens is 486 g/mol. The normalized spacial score (nSPS) is 11.9. The second-order valence-corrected chi connectivity index (χ2v) is 9.17. The number of nitrogens with zero attached hydrogens (tertiary/aromatic N) is 3. The van der Waals surface area contributed by atoms with Crippen LogP contribution in [0.25, 0.3) is 10.8 Å². The molecule has 39 heavy (non-hydrogen) atoms. The Morgan fingerprint density at radius 3 is 1.67 bits per heavy atom. The van der Waals surface area contributed by atoms with Crippen molar-refractivity contribution in [3.8, 4) is 0 Å². The molecule has 6 heteroatoms. The van der Waals surface area contributed by atoms with Crippen LogP contribution in [0.15, 0.2) is 126 Å². The largest absolute Gasteiger partial charge is 0.411 e. The summed E-state index contributed by atoms with van der Waals surface area (Å²) >= 11 is 0. The number of oxime groups is 2. The van der Waals surface area contributed by atoms with Gasteiger partial charge in [-0.1, -0.05) is 83.1 Å². The van der Waals surface area contributed by atoms with Crippen molar-refractivity contribution in [3.63, 3.8) is 0 Å². The molecule has 0 amide bonds. The summed E-state index contributed by atoms with van der Waals surface area (Å²) in [7, 11) is 0. The van der Waals surface area contributed by atoms with Crippen LogP contribution in [0.4, 0.5) is 17.1 Å². The van der Waals surface area contributed by atoms with E-state index in [-0.39, 0.29) is 5.78 Å². The number of carbonyl (C=O) groups is 1. The number of hydrogen-bond acceptors (Lipinski definition) is 6. The fraction of sp³-hybridized carbons (Fsp3) is 0.0606. The van der Waals surface area contributed by atoms with Crippen LogP contribution < -0.4 is 4.90 Å². The van der Waals surface area contributed by atoms with E-state index in [1.54, 1.807) is 13.8 Å². The molecule has 5 aromatic carbocycles. The fourth-order valence-corrected chi connectivity index (χ4v) is 4.70. The number of rotatable bonds is 7. The van der Waals surface area contributed by atoms with Crippen LogP contribution in [0.2, 0.25) is 0 Å². The molecule has 0 unspecified atom stereocenters. The molecule has 0 atom stereocenters. The van der Waals surface area contributed by atoms with E-state index >= 15 is 0 Å². The van der Waals surface area contributed by atoms with Crippen molar-refractivity contribution in [2.24, 2.45) is 10.3 Å². The average molecular weight is 514 g/mol. The van der Waals surface area contributed by atoms with Gasteiger partial charge in [0.2, 0.25) is 0 Å². The maximum absolute atomic E-state index is 13.0. The average Bonchev–Trinajstić information content (AvgIpc) is 3.01. The van der Waals surface area contributed by atoms with Crippen molar-refractivity contribution in [2.75, 3.05) is 4.90 Å². The summed E-state index contributed by atoms with van der Waals surface area (Å²) in [6.07, 6.45) is 0. The van der Waals surface area contributed by atoms with E-state index < -0.39 is 0 Å². The van der Waals surface area contributed by atoms with E-state index in [1.807, 2.05) is 115 Å². The van der Waals surface area contributed by atoms with Crippen molar-refractivity contribution in [2.45, 2.75) is 13.8 Å². The first-order chi connectivity index (χ1) is 19.0. The van der Waals surface area contributed by atoms with Gasteiger partial charge in [0.05, 0.1) is 17.1 Å². The molecule has 0 bridgehead atoms. The van der Waals surface area contributed by atoms with Crippen LogP contribution in [0.1, 0.15) is 40.9 Å². The standard InChI is InChI=1S/C33H27N3O3/c1-22(34-38)24-12-16-27(17-13-24)36(28-18-14-26(15-19-28)33(37)25-8-4-3-5-9-25)32-21-20-29(23(2)35-39)30-10-6-7-11-31(30)32/h3-21,38-39H,1-2H3/b34-22+,35-23+. The van der Waals surface area contributed by atoms with Gasteiger partial charge in [-0.05, 0) is 67.3 Å². The maximum atomic E-state index is 13.0. The van der Waals surface area contributed by atoms with E-state index in [0.717, 1.165) is 39.0 Å². The van der Waals surface area contributed by atoms with Crippen LogP contribution in [0.5, 0.6) is 0 Å². The van der Waals surface area contributed by atoms with E-state index in [9.17, 15) is 15.2 Å².